The number of carbonyl (C=O) groups is 1. The Morgan fingerprint density at radius 3 is 2.66 bits per heavy atom. The van der Waals surface area contributed by atoms with Crippen molar-refractivity contribution >= 4 is 28.1 Å². The number of aryl methyl sites for hydroxylation is 1. The van der Waals surface area contributed by atoms with Gasteiger partial charge in [0.1, 0.15) is 16.6 Å². The third-order valence-electron chi connectivity index (χ3n) is 5.52. The molecular formula is C25H27FN6O2S. The van der Waals surface area contributed by atoms with Crippen molar-refractivity contribution in [2.75, 3.05) is 5.32 Å². The maximum atomic E-state index is 14.9. The van der Waals surface area contributed by atoms with Gasteiger partial charge in [0, 0.05) is 36.8 Å². The predicted molar refractivity (Wildman–Crippen MR) is 135 cm³/mol. The number of nitrogens with zero attached hydrogens (tertiary/aromatic N) is 3. The van der Waals surface area contributed by atoms with Crippen LogP contribution in [0.1, 0.15) is 41.2 Å². The van der Waals surface area contributed by atoms with E-state index in [1.54, 1.807) is 49.0 Å². The Balaban J connectivity index is 1.53. The molecule has 4 aromatic rings. The number of rotatable bonds is 9. The first-order chi connectivity index (χ1) is 16.6. The van der Waals surface area contributed by atoms with E-state index in [9.17, 15) is 14.3 Å². The number of pyridine rings is 1. The molecule has 0 saturated heterocycles. The van der Waals surface area contributed by atoms with Crippen molar-refractivity contribution in [1.29, 1.82) is 0 Å². The molecule has 0 aliphatic heterocycles. The second-order valence-electron chi connectivity index (χ2n) is 8.66. The maximum absolute atomic E-state index is 14.9. The first kappa shape index (κ1) is 24.5. The number of benzene rings is 1. The molecule has 0 spiro atoms. The molecule has 3 aromatic heterocycles. The summed E-state index contributed by atoms with van der Waals surface area (Å²) in [6, 6.07) is 13.6. The average molecular weight is 495 g/mol. The molecule has 3 heterocycles. The molecule has 0 fully saturated rings. The van der Waals surface area contributed by atoms with Gasteiger partial charge in [-0.3, -0.25) is 9.48 Å². The van der Waals surface area contributed by atoms with Crippen molar-refractivity contribution in [3.8, 4) is 10.4 Å². The van der Waals surface area contributed by atoms with Crippen LogP contribution in [0.25, 0.3) is 10.4 Å². The van der Waals surface area contributed by atoms with Gasteiger partial charge in [-0.15, -0.1) is 11.3 Å². The van der Waals surface area contributed by atoms with Crippen molar-refractivity contribution < 1.29 is 14.3 Å². The number of hydrogen-bond donors (Lipinski definition) is 4. The molecule has 0 unspecified atom stereocenters. The summed E-state index contributed by atoms with van der Waals surface area (Å²) in [7, 11) is 1.89. The number of anilines is 2. The highest BCUT2D eigenvalue weighted by molar-refractivity contribution is 7.19. The van der Waals surface area contributed by atoms with Gasteiger partial charge in [-0.25, -0.2) is 9.37 Å². The number of primary amides is 1. The number of thiophene rings is 1. The molecule has 8 nitrogen and oxygen atoms in total. The summed E-state index contributed by atoms with van der Waals surface area (Å²) in [6.07, 6.45) is 1.75. The van der Waals surface area contributed by atoms with E-state index in [1.165, 1.54) is 17.4 Å². The second kappa shape index (κ2) is 9.95. The number of nitrogens with one attached hydrogen (secondary N) is 2. The monoisotopic (exact) mass is 494 g/mol. The van der Waals surface area contributed by atoms with E-state index < -0.39 is 17.3 Å². The van der Waals surface area contributed by atoms with Gasteiger partial charge < -0.3 is 21.5 Å². The molecule has 1 aromatic carbocycles. The minimum atomic E-state index is -1.16. The third kappa shape index (κ3) is 5.73. The lowest BCUT2D eigenvalue weighted by atomic mass is 9.96. The fraction of sp³-hybridized carbons (Fsp3) is 0.240. The highest BCUT2D eigenvalue weighted by atomic mass is 32.1. The molecule has 182 valence electrons. The largest absolute Gasteiger partial charge is 0.386 e. The van der Waals surface area contributed by atoms with Gasteiger partial charge in [0.2, 0.25) is 0 Å². The Hall–Kier alpha value is -3.60. The van der Waals surface area contributed by atoms with Crippen molar-refractivity contribution in [3.63, 3.8) is 0 Å². The van der Waals surface area contributed by atoms with Crippen molar-refractivity contribution in [2.24, 2.45) is 12.8 Å². The van der Waals surface area contributed by atoms with Crippen LogP contribution in [0.5, 0.6) is 0 Å². The van der Waals surface area contributed by atoms with E-state index in [1.807, 2.05) is 25.2 Å². The van der Waals surface area contributed by atoms with Crippen LogP contribution in [0.2, 0.25) is 0 Å². The van der Waals surface area contributed by atoms with E-state index in [2.05, 4.69) is 20.7 Å². The lowest BCUT2D eigenvalue weighted by Gasteiger charge is -2.18. The van der Waals surface area contributed by atoms with Crippen LogP contribution < -0.4 is 16.4 Å². The normalized spacial score (nSPS) is 11.6. The average Bonchev–Trinajstić information content (AvgIpc) is 3.39. The Morgan fingerprint density at radius 1 is 1.20 bits per heavy atom. The topological polar surface area (TPSA) is 118 Å². The smallest absolute Gasteiger partial charge is 0.251 e. The van der Waals surface area contributed by atoms with Crippen LogP contribution in [0, 0.1) is 5.82 Å². The van der Waals surface area contributed by atoms with Gasteiger partial charge in [-0.1, -0.05) is 18.2 Å². The van der Waals surface area contributed by atoms with Gasteiger partial charge in [-0.2, -0.15) is 5.10 Å². The molecule has 1 amide bonds. The lowest BCUT2D eigenvalue weighted by molar-refractivity contribution is 0.0782. The summed E-state index contributed by atoms with van der Waals surface area (Å²) in [5.74, 6) is -0.579. The van der Waals surface area contributed by atoms with Crippen LogP contribution in [0.15, 0.2) is 54.7 Å². The molecule has 10 heteroatoms. The number of hydrogen-bond acceptors (Lipinski definition) is 7. The van der Waals surface area contributed by atoms with Crippen molar-refractivity contribution in [3.05, 3.63) is 83.1 Å². The van der Waals surface area contributed by atoms with E-state index >= 15 is 0 Å². The highest BCUT2D eigenvalue weighted by Crippen LogP contribution is 2.38. The molecule has 0 aliphatic carbocycles. The molecule has 35 heavy (non-hydrogen) atoms. The van der Waals surface area contributed by atoms with Crippen molar-refractivity contribution in [2.45, 2.75) is 32.5 Å². The van der Waals surface area contributed by atoms with Gasteiger partial charge in [-0.05, 0) is 49.7 Å². The molecule has 0 saturated carbocycles. The first-order valence-corrected chi connectivity index (χ1v) is 11.8. The second-order valence-corrected chi connectivity index (χ2v) is 9.71. The van der Waals surface area contributed by atoms with E-state index in [-0.39, 0.29) is 5.56 Å². The summed E-state index contributed by atoms with van der Waals surface area (Å²) in [5.41, 5.74) is 7.32. The molecule has 4 rings (SSSR count). The fourth-order valence-corrected chi connectivity index (χ4v) is 4.65. The number of nitrogens with two attached hydrogens (primary N) is 1. The summed E-state index contributed by atoms with van der Waals surface area (Å²) < 4.78 is 16.7. The van der Waals surface area contributed by atoms with Gasteiger partial charge in [0.05, 0.1) is 22.6 Å². The summed E-state index contributed by atoms with van der Waals surface area (Å²) >= 11 is 1.21. The Labute approximate surface area is 206 Å². The van der Waals surface area contributed by atoms with Gasteiger partial charge >= 0.3 is 0 Å². The van der Waals surface area contributed by atoms with E-state index in [0.717, 1.165) is 11.4 Å². The standard InChI is InChI=1S/C25H27FN6O2S/c1-25(2,34)15-7-8-18(20(26)11-15)21-12-19(23(27)33)24(35-21)31-22-6-4-5-16(30-22)13-28-14-17-9-10-29-32(17)3/h4-12,28,34H,13-14H2,1-3H3,(H2,27,33)(H,30,31). The zero-order chi connectivity index (χ0) is 25.2. The van der Waals surface area contributed by atoms with Gasteiger partial charge in [0.15, 0.2) is 0 Å². The Kier molecular flexibility index (Phi) is 6.97. The van der Waals surface area contributed by atoms with Crippen LogP contribution in [-0.4, -0.2) is 25.8 Å². The lowest BCUT2D eigenvalue weighted by Crippen LogP contribution is -2.16. The number of aromatic nitrogens is 3. The minimum absolute atomic E-state index is 0.248. The highest BCUT2D eigenvalue weighted by Gasteiger charge is 2.21. The Morgan fingerprint density at radius 2 is 2.00 bits per heavy atom. The third-order valence-corrected chi connectivity index (χ3v) is 6.61. The number of amides is 1. The SMILES string of the molecule is Cn1nccc1CNCc1cccc(Nc2sc(-c3ccc(C(C)(C)O)cc3F)cc2C(N)=O)n1. The van der Waals surface area contributed by atoms with Crippen LogP contribution in [0.3, 0.4) is 0 Å². The summed E-state index contributed by atoms with van der Waals surface area (Å²) in [5, 5.41) is 21.3. The molecule has 5 N–H and O–H groups in total. The van der Waals surface area contributed by atoms with Gasteiger partial charge in [0.25, 0.3) is 5.91 Å². The molecule has 0 radical (unpaired) electrons. The minimum Gasteiger partial charge on any atom is -0.386 e. The van der Waals surface area contributed by atoms with E-state index in [4.69, 9.17) is 5.73 Å². The zero-order valence-corrected chi connectivity index (χ0v) is 20.5. The van der Waals surface area contributed by atoms with Crippen LogP contribution in [-0.2, 0) is 25.7 Å². The zero-order valence-electron chi connectivity index (χ0n) is 19.7. The number of halogens is 1. The molecule has 0 bridgehead atoms. The number of aliphatic hydroxyl groups is 1. The van der Waals surface area contributed by atoms with E-state index in [0.29, 0.717) is 39.9 Å². The number of carbonyl (C=O) groups excluding carboxylic acids is 1. The van der Waals surface area contributed by atoms with Crippen LogP contribution >= 0.6 is 11.3 Å². The molecular weight excluding hydrogens is 467 g/mol. The maximum Gasteiger partial charge on any atom is 0.251 e. The molecule has 0 atom stereocenters. The quantitative estimate of drug-likeness (QED) is 0.279. The first-order valence-electron chi connectivity index (χ1n) is 11.0. The predicted octanol–water partition coefficient (Wildman–Crippen LogP) is 4.04. The summed E-state index contributed by atoms with van der Waals surface area (Å²) in [6.45, 7) is 4.37. The fourth-order valence-electron chi connectivity index (χ4n) is 3.55. The van der Waals surface area contributed by atoms with Crippen molar-refractivity contribution in [1.82, 2.24) is 20.1 Å². The molecule has 0 aliphatic rings. The Bertz CT molecular complexity index is 1360. The summed E-state index contributed by atoms with van der Waals surface area (Å²) in [4.78, 5) is 17.2. The van der Waals surface area contributed by atoms with Crippen LogP contribution in [0.4, 0.5) is 15.2 Å².